The molecule has 0 aliphatic heterocycles. The molecule has 5 aromatic carbocycles. The van der Waals surface area contributed by atoms with Crippen LogP contribution in [-0.2, 0) is 91.6 Å². The summed E-state index contributed by atoms with van der Waals surface area (Å²) in [6.07, 6.45) is 15.3. The van der Waals surface area contributed by atoms with E-state index in [-0.39, 0.29) is 0 Å². The van der Waals surface area contributed by atoms with E-state index < -0.39 is 0 Å². The molecule has 0 bridgehead atoms. The van der Waals surface area contributed by atoms with E-state index >= 15 is 0 Å². The molecule has 0 spiro atoms. The molecule has 18 rings (SSSR count). The highest BCUT2D eigenvalue weighted by atomic mass is 15.2. The van der Waals surface area contributed by atoms with Gasteiger partial charge in [0.15, 0.2) is 6.20 Å². The quantitative estimate of drug-likeness (QED) is 0.124. The summed E-state index contributed by atoms with van der Waals surface area (Å²) in [6, 6.07) is 79.4. The van der Waals surface area contributed by atoms with E-state index in [0.717, 1.165) is 119 Å². The van der Waals surface area contributed by atoms with E-state index in [9.17, 15) is 0 Å². The molecule has 20 heteroatoms. The van der Waals surface area contributed by atoms with Gasteiger partial charge in [-0.05, 0) is 117 Å². The van der Waals surface area contributed by atoms with Crippen LogP contribution in [0.2, 0.25) is 0 Å². The summed E-state index contributed by atoms with van der Waals surface area (Å²) < 4.78 is 27.7. The second-order valence-corrected chi connectivity index (χ2v) is 27.9. The average molecular weight is 1470 g/mol. The first kappa shape index (κ1) is 74.1. The van der Waals surface area contributed by atoms with Crippen molar-refractivity contribution >= 4 is 33.1 Å². The van der Waals surface area contributed by atoms with Crippen LogP contribution in [0.5, 0.6) is 0 Å². The molecule has 0 fully saturated rings. The molecule has 0 atom stereocenters. The lowest BCUT2D eigenvalue weighted by atomic mass is 10.0. The SMILES string of the molecule is Cc1ccccc1-c1cccc(-c2nc3ccccc3n2C)[n+]1C.Cc1ccccc1-c1cccc(-c2nccn2C)[n+]1C.Cc1ncc(-c2cccc(-c3cccc[n+]3C)[n+]2C)n1C.Cn1c(-c2cccc(-c3nc4ccccc4n3C)[n+]2C)nc2ccccc21.Cn1ccnc1-c1cccc(-c2nccn2C)[n+]1C. The fourth-order valence-corrected chi connectivity index (χ4v) is 14.5. The standard InChI is InChI=1S/C22H20N5.C21H20N3.C17H20N4.C17H18N3.C14H16N5/c1-25-19(21-23-15-9-4-6-11-17(15)26(21)2)13-8-14-20(25)22-24-16-10-5-7-12-18(16)27(22)3;1-15-9-4-5-10-16(15)18-13-8-14-20(23(18)2)21-22-17-11-6-7-12-19(17)24(21)3;1-13-18-12-17(20(13)3)16-10-7-9-15(21(16)4)14-8-5-6-11-19(14)2;1-13-7-4-5-8-14(13)15-9-6-10-16(20(15)3)17-18-11-12-19(17)2;1-17-9-7-15-13(17)11-5-4-6-12(19(11)3)14-16-8-10-18(14)2/h4-14H,1-3H3;4-14H,1-3H3;5-12H,1-4H3;4-12H,1-3H3;4-10H,1-3H3/q2*+1;+2;2*+1. The highest BCUT2D eigenvalue weighted by Gasteiger charge is 2.29. The average Bonchev–Trinajstić information content (AvgIpc) is 1.64. The number of rotatable bonds is 10. The number of fused-ring (bicyclic) bond motifs is 3. The van der Waals surface area contributed by atoms with Crippen molar-refractivity contribution in [1.82, 2.24) is 66.9 Å². The first-order valence-corrected chi connectivity index (χ1v) is 37.0. The van der Waals surface area contributed by atoms with Crippen LogP contribution in [0.3, 0.4) is 0 Å². The maximum atomic E-state index is 4.86. The van der Waals surface area contributed by atoms with Crippen LogP contribution >= 0.6 is 0 Å². The number of pyridine rings is 6. The second-order valence-electron chi connectivity index (χ2n) is 27.9. The zero-order valence-electron chi connectivity index (χ0n) is 66.0. The van der Waals surface area contributed by atoms with Gasteiger partial charge in [-0.3, -0.25) is 0 Å². The van der Waals surface area contributed by atoms with Gasteiger partial charge >= 0.3 is 0 Å². The minimum Gasteiger partial charge on any atom is -0.329 e. The van der Waals surface area contributed by atoms with Gasteiger partial charge in [0.05, 0.1) is 39.3 Å². The normalized spacial score (nSPS) is 11.1. The van der Waals surface area contributed by atoms with Crippen LogP contribution in [0, 0.1) is 20.8 Å². The van der Waals surface area contributed by atoms with Crippen LogP contribution in [0.4, 0.5) is 0 Å². The number of hydrogen-bond acceptors (Lipinski definition) is 7. The minimum absolute atomic E-state index is 0.943. The van der Waals surface area contributed by atoms with Crippen molar-refractivity contribution < 1.29 is 27.4 Å². The zero-order valence-corrected chi connectivity index (χ0v) is 66.0. The Hall–Kier alpha value is -13.8. The Kier molecular flexibility index (Phi) is 21.4. The maximum absolute atomic E-state index is 4.86. The van der Waals surface area contributed by atoms with E-state index in [4.69, 9.17) is 15.0 Å². The third-order valence-corrected chi connectivity index (χ3v) is 21.0. The number of para-hydroxylation sites is 6. The molecule has 13 heterocycles. The number of nitrogens with zero attached hydrogens (tertiary/aromatic N) is 20. The maximum Gasteiger partial charge on any atom is 0.277 e. The monoisotopic (exact) mass is 1470 g/mol. The molecule has 552 valence electrons. The summed E-state index contributed by atoms with van der Waals surface area (Å²) in [4.78, 5) is 32.2. The summed E-state index contributed by atoms with van der Waals surface area (Å²) >= 11 is 0. The summed E-state index contributed by atoms with van der Waals surface area (Å²) in [5.41, 5.74) is 25.0. The number of aryl methyl sites for hydroxylation is 10. The highest BCUT2D eigenvalue weighted by Crippen LogP contribution is 2.30. The van der Waals surface area contributed by atoms with Gasteiger partial charge in [0.1, 0.15) is 53.8 Å². The molecular formula is C91H94N20+6. The Morgan fingerprint density at radius 2 is 0.559 bits per heavy atom. The van der Waals surface area contributed by atoms with Gasteiger partial charge in [0.25, 0.3) is 11.4 Å². The van der Waals surface area contributed by atoms with E-state index in [2.05, 4.69) is 318 Å². The molecule has 0 saturated carbocycles. The molecule has 111 heavy (non-hydrogen) atoms. The molecule has 0 amide bonds. The van der Waals surface area contributed by atoms with E-state index in [1.54, 1.807) is 0 Å². The molecule has 20 nitrogen and oxygen atoms in total. The van der Waals surface area contributed by atoms with Crippen molar-refractivity contribution in [2.24, 2.45) is 91.6 Å². The summed E-state index contributed by atoms with van der Waals surface area (Å²) in [5, 5.41) is 0. The largest absolute Gasteiger partial charge is 0.329 e. The predicted molar refractivity (Wildman–Crippen MR) is 438 cm³/mol. The summed E-state index contributed by atoms with van der Waals surface area (Å²) in [5.74, 6) is 6.74. The Morgan fingerprint density at radius 3 is 0.892 bits per heavy atom. The van der Waals surface area contributed by atoms with Crippen LogP contribution in [0.25, 0.3) is 148 Å². The van der Waals surface area contributed by atoms with Crippen LogP contribution in [0.1, 0.15) is 17.0 Å². The smallest absolute Gasteiger partial charge is 0.277 e. The molecule has 0 aliphatic rings. The molecule has 18 aromatic rings. The van der Waals surface area contributed by atoms with Gasteiger partial charge in [0, 0.05) is 170 Å². The summed E-state index contributed by atoms with van der Waals surface area (Å²) in [6.45, 7) is 6.31. The summed E-state index contributed by atoms with van der Waals surface area (Å²) in [7, 11) is 26.7. The molecule has 0 saturated heterocycles. The van der Waals surface area contributed by atoms with Gasteiger partial charge in [0.2, 0.25) is 86.2 Å². The first-order valence-electron chi connectivity index (χ1n) is 37.0. The molecule has 0 radical (unpaired) electrons. The Labute approximate surface area is 647 Å². The van der Waals surface area contributed by atoms with Gasteiger partial charge in [-0.25, -0.2) is 34.9 Å². The van der Waals surface area contributed by atoms with Crippen LogP contribution < -0.4 is 27.4 Å². The number of imidazole rings is 7. The fraction of sp³-hybridized carbons (Fsp3) is 0.176. The lowest BCUT2D eigenvalue weighted by molar-refractivity contribution is -0.685. The van der Waals surface area contributed by atoms with Gasteiger partial charge < -0.3 is 32.0 Å². The Bertz CT molecular complexity index is 6250. The topological polar surface area (TPSA) is 148 Å². The van der Waals surface area contributed by atoms with Crippen molar-refractivity contribution in [2.45, 2.75) is 20.8 Å². The van der Waals surface area contributed by atoms with Crippen LogP contribution in [0.15, 0.2) is 280 Å². The molecule has 0 aliphatic carbocycles. The van der Waals surface area contributed by atoms with E-state index in [1.165, 1.54) is 45.0 Å². The van der Waals surface area contributed by atoms with Gasteiger partial charge in [-0.1, -0.05) is 72.8 Å². The Balaban J connectivity index is 0.000000116. The van der Waals surface area contributed by atoms with E-state index in [0.29, 0.717) is 0 Å². The second kappa shape index (κ2) is 32.0. The fourth-order valence-electron chi connectivity index (χ4n) is 14.5. The van der Waals surface area contributed by atoms with Gasteiger partial charge in [-0.15, -0.1) is 0 Å². The van der Waals surface area contributed by atoms with Crippen molar-refractivity contribution in [2.75, 3.05) is 0 Å². The molecule has 0 N–H and O–H groups in total. The Morgan fingerprint density at radius 1 is 0.261 bits per heavy atom. The predicted octanol–water partition coefficient (Wildman–Crippen LogP) is 13.6. The number of hydrogen-bond donors (Lipinski definition) is 0. The lowest BCUT2D eigenvalue weighted by Crippen LogP contribution is -2.40. The molecule has 13 aromatic heterocycles. The third-order valence-electron chi connectivity index (χ3n) is 21.0. The number of aromatic nitrogens is 20. The van der Waals surface area contributed by atoms with E-state index in [1.807, 2.05) is 154 Å². The van der Waals surface area contributed by atoms with Crippen LogP contribution in [-0.4, -0.2) is 66.9 Å². The first-order chi connectivity index (χ1) is 53.8. The minimum atomic E-state index is 0.943. The van der Waals surface area contributed by atoms with Crippen molar-refractivity contribution in [3.63, 3.8) is 0 Å². The molecule has 0 unspecified atom stereocenters. The third kappa shape index (κ3) is 14.7. The van der Waals surface area contributed by atoms with Crippen molar-refractivity contribution in [1.29, 1.82) is 0 Å². The molecular weight excluding hydrogens is 1370 g/mol. The van der Waals surface area contributed by atoms with Crippen molar-refractivity contribution in [3.05, 3.63) is 297 Å². The highest BCUT2D eigenvalue weighted by molar-refractivity contribution is 5.82. The van der Waals surface area contributed by atoms with Crippen molar-refractivity contribution in [3.8, 4) is 114 Å². The lowest BCUT2D eigenvalue weighted by Gasteiger charge is -2.07. The zero-order chi connectivity index (χ0) is 77.7. The van der Waals surface area contributed by atoms with Gasteiger partial charge in [-0.2, -0.15) is 27.4 Å². The number of benzene rings is 5.